The van der Waals surface area contributed by atoms with Gasteiger partial charge in [0, 0.05) is 38.5 Å². The predicted molar refractivity (Wildman–Crippen MR) is 92.8 cm³/mol. The lowest BCUT2D eigenvalue weighted by atomic mass is 9.92. The highest BCUT2D eigenvalue weighted by atomic mass is 16.7. The van der Waals surface area contributed by atoms with Crippen LogP contribution in [0, 0.1) is 5.92 Å². The Bertz CT molecular complexity index is 638. The van der Waals surface area contributed by atoms with Crippen LogP contribution in [0.3, 0.4) is 0 Å². The summed E-state index contributed by atoms with van der Waals surface area (Å²) in [5.74, 6) is -0.409. The number of aryl methyl sites for hydroxylation is 1. The molecule has 0 atom stereocenters. The highest BCUT2D eigenvalue weighted by molar-refractivity contribution is 5.79. The normalized spacial score (nSPS) is 18.8. The van der Waals surface area contributed by atoms with Gasteiger partial charge < -0.3 is 14.8 Å². The number of hydrogen-bond acceptors (Lipinski definition) is 4. The summed E-state index contributed by atoms with van der Waals surface area (Å²) in [6.07, 6.45) is 3.26. The number of carboxylic acids is 1. The van der Waals surface area contributed by atoms with Crippen molar-refractivity contribution in [1.82, 2.24) is 9.96 Å². The van der Waals surface area contributed by atoms with Gasteiger partial charge in [-0.1, -0.05) is 18.2 Å². The Morgan fingerprint density at radius 3 is 2.64 bits per heavy atom. The highest BCUT2D eigenvalue weighted by Crippen LogP contribution is 2.25. The first-order valence-electron chi connectivity index (χ1n) is 8.97. The molecule has 136 valence electrons. The van der Waals surface area contributed by atoms with Crippen LogP contribution in [0.25, 0.3) is 0 Å². The van der Waals surface area contributed by atoms with Gasteiger partial charge in [0.2, 0.25) is 5.91 Å². The first kappa shape index (κ1) is 17.9. The molecular formula is C19H26N2O4. The lowest BCUT2D eigenvalue weighted by Gasteiger charge is -2.35. The molecule has 0 unspecified atom stereocenters. The fourth-order valence-corrected chi connectivity index (χ4v) is 3.74. The maximum atomic E-state index is 12.8. The Morgan fingerprint density at radius 2 is 1.96 bits per heavy atom. The third kappa shape index (κ3) is 4.38. The lowest BCUT2D eigenvalue weighted by Crippen LogP contribution is -2.44. The summed E-state index contributed by atoms with van der Waals surface area (Å²) in [7, 11) is 1.68. The Labute approximate surface area is 148 Å². The molecule has 0 aromatic heterocycles. The van der Waals surface area contributed by atoms with Crippen molar-refractivity contribution >= 4 is 11.9 Å². The monoisotopic (exact) mass is 346 g/mol. The number of benzene rings is 1. The minimum Gasteiger partial charge on any atom is -0.481 e. The van der Waals surface area contributed by atoms with Crippen LogP contribution in [-0.2, 0) is 33.8 Å². The van der Waals surface area contributed by atoms with E-state index in [1.54, 1.807) is 7.11 Å². The van der Waals surface area contributed by atoms with E-state index in [0.717, 1.165) is 44.5 Å². The van der Waals surface area contributed by atoms with E-state index in [-0.39, 0.29) is 18.2 Å². The number of nitrogens with zero attached hydrogens (tertiary/aromatic N) is 2. The van der Waals surface area contributed by atoms with Gasteiger partial charge in [0.05, 0.1) is 7.11 Å². The van der Waals surface area contributed by atoms with Gasteiger partial charge >= 0.3 is 5.97 Å². The first-order chi connectivity index (χ1) is 12.1. The van der Waals surface area contributed by atoms with Crippen molar-refractivity contribution in [1.29, 1.82) is 0 Å². The second kappa shape index (κ2) is 7.97. The average molecular weight is 346 g/mol. The van der Waals surface area contributed by atoms with Gasteiger partial charge in [0.1, 0.15) is 0 Å². The zero-order valence-electron chi connectivity index (χ0n) is 14.7. The number of rotatable bonds is 5. The topological polar surface area (TPSA) is 70.1 Å². The molecule has 0 spiro atoms. The molecule has 1 saturated heterocycles. The minimum atomic E-state index is -0.769. The number of amides is 1. The van der Waals surface area contributed by atoms with Crippen LogP contribution < -0.4 is 0 Å². The number of carbonyl (C=O) groups excluding carboxylic acids is 1. The average Bonchev–Trinajstić information content (AvgIpc) is 2.65. The minimum absolute atomic E-state index is 0.0998. The molecule has 0 saturated carbocycles. The van der Waals surface area contributed by atoms with Crippen molar-refractivity contribution in [2.75, 3.05) is 26.7 Å². The molecule has 2 aliphatic rings. The van der Waals surface area contributed by atoms with Crippen LogP contribution in [0.2, 0.25) is 0 Å². The van der Waals surface area contributed by atoms with E-state index in [1.807, 2.05) is 16.0 Å². The fourth-order valence-electron chi connectivity index (χ4n) is 3.74. The standard InChI is InChI=1S/C19H26N2O4/c1-25-21-10-7-15(8-11-21)19(24)20-9-6-16-12-14(3-5-18(22)23)2-4-17(16)13-20/h2,4,12,15H,3,5-11,13H2,1H3,(H,22,23). The molecule has 2 aliphatic heterocycles. The number of hydrogen-bond donors (Lipinski definition) is 1. The van der Waals surface area contributed by atoms with Crippen molar-refractivity contribution in [2.45, 2.75) is 38.6 Å². The van der Waals surface area contributed by atoms with Gasteiger partial charge in [-0.25, -0.2) is 0 Å². The molecule has 0 bridgehead atoms. The van der Waals surface area contributed by atoms with Gasteiger partial charge in [-0.05, 0) is 42.4 Å². The number of aliphatic carboxylic acids is 1. The quantitative estimate of drug-likeness (QED) is 0.881. The maximum absolute atomic E-state index is 12.8. The summed E-state index contributed by atoms with van der Waals surface area (Å²) >= 11 is 0. The largest absolute Gasteiger partial charge is 0.481 e. The van der Waals surface area contributed by atoms with Gasteiger partial charge in [-0.15, -0.1) is 0 Å². The van der Waals surface area contributed by atoms with E-state index >= 15 is 0 Å². The molecule has 6 nitrogen and oxygen atoms in total. The highest BCUT2D eigenvalue weighted by Gasteiger charge is 2.30. The van der Waals surface area contributed by atoms with Crippen LogP contribution in [-0.4, -0.2) is 53.7 Å². The van der Waals surface area contributed by atoms with Crippen LogP contribution in [0.4, 0.5) is 0 Å². The van der Waals surface area contributed by atoms with Gasteiger partial charge in [0.15, 0.2) is 0 Å². The second-order valence-electron chi connectivity index (χ2n) is 6.89. The number of piperidine rings is 1. The number of hydroxylamine groups is 2. The Balaban J connectivity index is 1.59. The van der Waals surface area contributed by atoms with Crippen molar-refractivity contribution in [3.8, 4) is 0 Å². The zero-order chi connectivity index (χ0) is 17.8. The van der Waals surface area contributed by atoms with Crippen LogP contribution in [0.15, 0.2) is 18.2 Å². The Morgan fingerprint density at radius 1 is 1.20 bits per heavy atom. The first-order valence-corrected chi connectivity index (χ1v) is 8.97. The molecule has 1 aromatic rings. The number of carboxylic acid groups (broad SMARTS) is 1. The van der Waals surface area contributed by atoms with E-state index in [9.17, 15) is 9.59 Å². The number of carbonyl (C=O) groups is 2. The summed E-state index contributed by atoms with van der Waals surface area (Å²) < 4.78 is 0. The number of fused-ring (bicyclic) bond motifs is 1. The van der Waals surface area contributed by atoms with Gasteiger partial charge in [-0.3, -0.25) is 9.59 Å². The van der Waals surface area contributed by atoms with Gasteiger partial charge in [0.25, 0.3) is 0 Å². The lowest BCUT2D eigenvalue weighted by molar-refractivity contribution is -0.159. The molecule has 1 aromatic carbocycles. The molecule has 25 heavy (non-hydrogen) atoms. The van der Waals surface area contributed by atoms with Crippen molar-refractivity contribution in [3.63, 3.8) is 0 Å². The van der Waals surface area contributed by atoms with Crippen molar-refractivity contribution < 1.29 is 19.5 Å². The molecule has 1 N–H and O–H groups in total. The summed E-state index contributed by atoms with van der Waals surface area (Å²) in [6.45, 7) is 3.03. The van der Waals surface area contributed by atoms with Crippen molar-refractivity contribution in [3.05, 3.63) is 34.9 Å². The van der Waals surface area contributed by atoms with E-state index in [1.165, 1.54) is 11.1 Å². The molecule has 1 amide bonds. The third-order valence-electron chi connectivity index (χ3n) is 5.28. The van der Waals surface area contributed by atoms with E-state index < -0.39 is 5.97 Å². The fraction of sp³-hybridized carbons (Fsp3) is 0.579. The van der Waals surface area contributed by atoms with Gasteiger partial charge in [-0.2, -0.15) is 5.06 Å². The van der Waals surface area contributed by atoms with E-state index in [0.29, 0.717) is 13.0 Å². The maximum Gasteiger partial charge on any atom is 0.303 e. The molecule has 0 aliphatic carbocycles. The van der Waals surface area contributed by atoms with Crippen molar-refractivity contribution in [2.24, 2.45) is 5.92 Å². The van der Waals surface area contributed by atoms with E-state index in [2.05, 4.69) is 12.1 Å². The molecule has 1 fully saturated rings. The Kier molecular flexibility index (Phi) is 5.71. The summed E-state index contributed by atoms with van der Waals surface area (Å²) in [4.78, 5) is 30.7. The molecule has 6 heteroatoms. The van der Waals surface area contributed by atoms with Crippen LogP contribution in [0.1, 0.15) is 36.0 Å². The van der Waals surface area contributed by atoms with Crippen LogP contribution >= 0.6 is 0 Å². The Hall–Kier alpha value is -1.92. The molecule has 0 radical (unpaired) electrons. The molecule has 2 heterocycles. The summed E-state index contributed by atoms with van der Waals surface area (Å²) in [5.41, 5.74) is 3.50. The molecule has 3 rings (SSSR count). The summed E-state index contributed by atoms with van der Waals surface area (Å²) in [6, 6.07) is 6.16. The third-order valence-corrected chi connectivity index (χ3v) is 5.28. The zero-order valence-corrected chi connectivity index (χ0v) is 14.7. The summed E-state index contributed by atoms with van der Waals surface area (Å²) in [5, 5.41) is 10.7. The SMILES string of the molecule is CON1CCC(C(=O)N2CCc3cc(CCC(=O)O)ccc3C2)CC1. The predicted octanol–water partition coefficient (Wildman–Crippen LogP) is 1.86. The smallest absolute Gasteiger partial charge is 0.303 e. The van der Waals surface area contributed by atoms with E-state index in [4.69, 9.17) is 9.94 Å². The second-order valence-corrected chi connectivity index (χ2v) is 6.89. The molecular weight excluding hydrogens is 320 g/mol. The van der Waals surface area contributed by atoms with Crippen LogP contribution in [0.5, 0.6) is 0 Å².